The van der Waals surface area contributed by atoms with Gasteiger partial charge in [0, 0.05) is 25.0 Å². The summed E-state index contributed by atoms with van der Waals surface area (Å²) in [4.78, 5) is 6.46. The number of aromatic nitrogens is 1. The summed E-state index contributed by atoms with van der Waals surface area (Å²) in [6, 6.07) is 11.1. The third kappa shape index (κ3) is 4.53. The molecular weight excluding hydrogens is 265 g/mol. The van der Waals surface area contributed by atoms with Gasteiger partial charge in [0.05, 0.1) is 12.2 Å². The van der Waals surface area contributed by atoms with Crippen LogP contribution in [-0.4, -0.2) is 18.1 Å². The number of pyridine rings is 1. The first-order valence-corrected chi connectivity index (χ1v) is 7.38. The fraction of sp³-hybridized carbons (Fsp3) is 0.353. The number of hydrogen-bond donors (Lipinski definition) is 1. The first-order valence-electron chi connectivity index (χ1n) is 7.38. The lowest BCUT2D eigenvalue weighted by Gasteiger charge is -2.23. The van der Waals surface area contributed by atoms with Gasteiger partial charge in [-0.05, 0) is 49.4 Å². The molecule has 112 valence electrons. The van der Waals surface area contributed by atoms with Crippen LogP contribution in [0.3, 0.4) is 0 Å². The molecule has 21 heavy (non-hydrogen) atoms. The van der Waals surface area contributed by atoms with E-state index in [1.165, 1.54) is 0 Å². The first-order chi connectivity index (χ1) is 10.2. The van der Waals surface area contributed by atoms with Crippen LogP contribution in [0.5, 0.6) is 0 Å². The van der Waals surface area contributed by atoms with Crippen molar-refractivity contribution in [3.8, 4) is 0 Å². The maximum absolute atomic E-state index is 13.8. The summed E-state index contributed by atoms with van der Waals surface area (Å²) in [7, 11) is 0. The number of nitrogens with zero attached hydrogens (tertiary/aromatic N) is 2. The van der Waals surface area contributed by atoms with Crippen molar-refractivity contribution in [1.82, 2.24) is 10.3 Å². The van der Waals surface area contributed by atoms with E-state index >= 15 is 0 Å². The number of benzene rings is 1. The van der Waals surface area contributed by atoms with Crippen molar-refractivity contribution in [2.24, 2.45) is 0 Å². The van der Waals surface area contributed by atoms with Gasteiger partial charge in [-0.15, -0.1) is 0 Å². The monoisotopic (exact) mass is 287 g/mol. The summed E-state index contributed by atoms with van der Waals surface area (Å²) in [5.74, 6) is -0.195. The van der Waals surface area contributed by atoms with Crippen LogP contribution >= 0.6 is 0 Å². The van der Waals surface area contributed by atoms with Gasteiger partial charge in [0.2, 0.25) is 0 Å². The van der Waals surface area contributed by atoms with Crippen LogP contribution in [-0.2, 0) is 13.1 Å². The number of nitrogens with one attached hydrogen (secondary N) is 1. The van der Waals surface area contributed by atoms with Gasteiger partial charge in [0.1, 0.15) is 5.82 Å². The van der Waals surface area contributed by atoms with Gasteiger partial charge in [-0.3, -0.25) is 4.98 Å². The molecule has 3 nitrogen and oxygen atoms in total. The Morgan fingerprint density at radius 1 is 1.19 bits per heavy atom. The first kappa shape index (κ1) is 15.4. The van der Waals surface area contributed by atoms with Crippen LogP contribution < -0.4 is 10.2 Å². The minimum absolute atomic E-state index is 0.195. The smallest absolute Gasteiger partial charge is 0.125 e. The average Bonchev–Trinajstić information content (AvgIpc) is 2.51. The van der Waals surface area contributed by atoms with Crippen molar-refractivity contribution in [2.45, 2.75) is 26.9 Å². The van der Waals surface area contributed by atoms with Crippen molar-refractivity contribution in [2.75, 3.05) is 18.0 Å². The predicted molar refractivity (Wildman–Crippen MR) is 84.7 cm³/mol. The molecule has 1 aromatic carbocycles. The van der Waals surface area contributed by atoms with Crippen LogP contribution in [0.2, 0.25) is 0 Å². The molecule has 0 saturated carbocycles. The number of rotatable bonds is 7. The van der Waals surface area contributed by atoms with Crippen LogP contribution in [0.15, 0.2) is 42.6 Å². The highest BCUT2D eigenvalue weighted by molar-refractivity contribution is 5.49. The third-order valence-corrected chi connectivity index (χ3v) is 3.35. The van der Waals surface area contributed by atoms with E-state index in [1.807, 2.05) is 31.2 Å². The Kier molecular flexibility index (Phi) is 5.69. The molecule has 0 amide bonds. The highest BCUT2D eigenvalue weighted by Crippen LogP contribution is 2.20. The van der Waals surface area contributed by atoms with Crippen LogP contribution in [0, 0.1) is 5.82 Å². The lowest BCUT2D eigenvalue weighted by atomic mass is 10.1. The molecule has 0 aliphatic heterocycles. The van der Waals surface area contributed by atoms with E-state index < -0.39 is 0 Å². The van der Waals surface area contributed by atoms with Crippen LogP contribution in [0.25, 0.3) is 0 Å². The molecule has 1 aromatic heterocycles. The molecule has 0 fully saturated rings. The van der Waals surface area contributed by atoms with Crippen molar-refractivity contribution >= 4 is 5.69 Å². The maximum atomic E-state index is 13.8. The molecule has 4 heteroatoms. The number of halogens is 1. The fourth-order valence-corrected chi connectivity index (χ4v) is 2.26. The van der Waals surface area contributed by atoms with Gasteiger partial charge >= 0.3 is 0 Å². The SMILES string of the molecule is CCNCc1cc(F)cc(N(CC)Cc2ccccn2)c1. The van der Waals surface area contributed by atoms with Crippen LogP contribution in [0.1, 0.15) is 25.1 Å². The lowest BCUT2D eigenvalue weighted by molar-refractivity contribution is 0.620. The van der Waals surface area contributed by atoms with E-state index in [1.54, 1.807) is 18.3 Å². The van der Waals surface area contributed by atoms with E-state index in [0.717, 1.165) is 30.0 Å². The quantitative estimate of drug-likeness (QED) is 0.846. The largest absolute Gasteiger partial charge is 0.366 e. The van der Waals surface area contributed by atoms with E-state index in [4.69, 9.17) is 0 Å². The molecule has 1 N–H and O–H groups in total. The zero-order valence-electron chi connectivity index (χ0n) is 12.6. The second-order valence-corrected chi connectivity index (χ2v) is 4.93. The predicted octanol–water partition coefficient (Wildman–Crippen LogP) is 3.36. The molecule has 1 heterocycles. The highest BCUT2D eigenvalue weighted by Gasteiger charge is 2.09. The van der Waals surface area contributed by atoms with E-state index in [9.17, 15) is 4.39 Å². The fourth-order valence-electron chi connectivity index (χ4n) is 2.26. The molecular formula is C17H22FN3. The Labute approximate surface area is 125 Å². The molecule has 0 radical (unpaired) electrons. The minimum Gasteiger partial charge on any atom is -0.366 e. The molecule has 0 saturated heterocycles. The molecule has 2 aromatic rings. The van der Waals surface area contributed by atoms with Gasteiger partial charge in [-0.25, -0.2) is 4.39 Å². The van der Waals surface area contributed by atoms with Gasteiger partial charge in [-0.2, -0.15) is 0 Å². The second kappa shape index (κ2) is 7.74. The van der Waals surface area contributed by atoms with Gasteiger partial charge in [0.25, 0.3) is 0 Å². The molecule has 0 unspecified atom stereocenters. The Balaban J connectivity index is 2.19. The molecule has 0 atom stereocenters. The lowest BCUT2D eigenvalue weighted by Crippen LogP contribution is -2.23. The summed E-state index contributed by atoms with van der Waals surface area (Å²) in [6.45, 7) is 7.15. The Hall–Kier alpha value is -1.94. The average molecular weight is 287 g/mol. The summed E-state index contributed by atoms with van der Waals surface area (Å²) >= 11 is 0. The Morgan fingerprint density at radius 2 is 2.05 bits per heavy atom. The second-order valence-electron chi connectivity index (χ2n) is 4.93. The highest BCUT2D eigenvalue weighted by atomic mass is 19.1. The summed E-state index contributed by atoms with van der Waals surface area (Å²) in [5.41, 5.74) is 2.85. The van der Waals surface area contributed by atoms with Crippen molar-refractivity contribution in [1.29, 1.82) is 0 Å². The normalized spacial score (nSPS) is 10.6. The number of hydrogen-bond acceptors (Lipinski definition) is 3. The van der Waals surface area contributed by atoms with E-state index in [0.29, 0.717) is 13.1 Å². The van der Waals surface area contributed by atoms with Crippen molar-refractivity contribution in [3.63, 3.8) is 0 Å². The molecule has 0 aliphatic carbocycles. The Morgan fingerprint density at radius 3 is 2.71 bits per heavy atom. The molecule has 0 spiro atoms. The third-order valence-electron chi connectivity index (χ3n) is 3.35. The van der Waals surface area contributed by atoms with E-state index in [-0.39, 0.29) is 5.82 Å². The van der Waals surface area contributed by atoms with Crippen molar-refractivity contribution in [3.05, 3.63) is 59.7 Å². The zero-order chi connectivity index (χ0) is 15.1. The minimum atomic E-state index is -0.195. The van der Waals surface area contributed by atoms with E-state index in [2.05, 4.69) is 22.1 Å². The van der Waals surface area contributed by atoms with Gasteiger partial charge in [-0.1, -0.05) is 13.0 Å². The molecule has 0 aliphatic rings. The maximum Gasteiger partial charge on any atom is 0.125 e. The number of anilines is 1. The Bertz CT molecular complexity index is 557. The van der Waals surface area contributed by atoms with Gasteiger partial charge < -0.3 is 10.2 Å². The molecule has 2 rings (SSSR count). The topological polar surface area (TPSA) is 28.2 Å². The molecule has 0 bridgehead atoms. The zero-order valence-corrected chi connectivity index (χ0v) is 12.6. The van der Waals surface area contributed by atoms with Crippen LogP contribution in [0.4, 0.5) is 10.1 Å². The van der Waals surface area contributed by atoms with Crippen molar-refractivity contribution < 1.29 is 4.39 Å². The summed E-state index contributed by atoms with van der Waals surface area (Å²) in [5, 5.41) is 3.23. The summed E-state index contributed by atoms with van der Waals surface area (Å²) in [6.07, 6.45) is 1.78. The standard InChI is InChI=1S/C17H22FN3/c1-3-19-12-14-9-15(18)11-17(10-14)21(4-2)13-16-7-5-6-8-20-16/h5-11,19H,3-4,12-13H2,1-2H3. The van der Waals surface area contributed by atoms with Gasteiger partial charge in [0.15, 0.2) is 0 Å². The summed E-state index contributed by atoms with van der Waals surface area (Å²) < 4.78 is 13.8.